The van der Waals surface area contributed by atoms with Crippen LogP contribution in [-0.4, -0.2) is 25.3 Å². The molecule has 2 rings (SSSR count). The van der Waals surface area contributed by atoms with Gasteiger partial charge < -0.3 is 10.5 Å². The Morgan fingerprint density at radius 2 is 2.21 bits per heavy atom. The Morgan fingerprint density at radius 1 is 1.53 bits per heavy atom. The molecular formula is C12H16FN3O3. The second-order valence-electron chi connectivity index (χ2n) is 3.63. The van der Waals surface area contributed by atoms with Crippen LogP contribution in [0.1, 0.15) is 13.8 Å². The lowest BCUT2D eigenvalue weighted by molar-refractivity contribution is 0.145. The van der Waals surface area contributed by atoms with E-state index in [0.717, 1.165) is 6.07 Å². The Labute approximate surface area is 110 Å². The summed E-state index contributed by atoms with van der Waals surface area (Å²) >= 11 is 0. The number of nitrogens with two attached hydrogens (primary N) is 1. The van der Waals surface area contributed by atoms with Crippen molar-refractivity contribution >= 4 is 17.5 Å². The molecule has 1 atom stereocenters. The van der Waals surface area contributed by atoms with Gasteiger partial charge in [0, 0.05) is 0 Å². The van der Waals surface area contributed by atoms with Crippen LogP contribution in [0.25, 0.3) is 0 Å². The predicted molar refractivity (Wildman–Crippen MR) is 70.4 cm³/mol. The number of carbonyl (C=O) groups is 1. The molecule has 1 aromatic rings. The first-order valence-electron chi connectivity index (χ1n) is 5.94. The van der Waals surface area contributed by atoms with Gasteiger partial charge in [-0.15, -0.1) is 0 Å². The molecule has 2 N–H and O–H groups in total. The van der Waals surface area contributed by atoms with Gasteiger partial charge in [0.25, 0.3) is 0 Å². The van der Waals surface area contributed by atoms with E-state index in [1.54, 1.807) is 0 Å². The van der Waals surface area contributed by atoms with Crippen LogP contribution >= 0.6 is 0 Å². The van der Waals surface area contributed by atoms with Crippen molar-refractivity contribution < 1.29 is 13.9 Å². The molecule has 0 spiro atoms. The summed E-state index contributed by atoms with van der Waals surface area (Å²) in [7, 11) is 0. The van der Waals surface area contributed by atoms with Crippen molar-refractivity contribution in [3.05, 3.63) is 28.9 Å². The monoisotopic (exact) mass is 269 g/mol. The number of cyclic esters (lactones) is 1. The molecule has 0 radical (unpaired) electrons. The number of hydrogen-bond acceptors (Lipinski definition) is 5. The third-order valence-electron chi connectivity index (χ3n) is 2.45. The molecule has 7 heteroatoms. The van der Waals surface area contributed by atoms with Crippen LogP contribution in [0, 0.1) is 10.7 Å². The summed E-state index contributed by atoms with van der Waals surface area (Å²) in [5.74, 6) is -0.604. The van der Waals surface area contributed by atoms with E-state index >= 15 is 0 Å². The number of halogens is 1. The summed E-state index contributed by atoms with van der Waals surface area (Å²) in [6.07, 6.45) is -1.21. The first-order valence-corrected chi connectivity index (χ1v) is 5.94. The summed E-state index contributed by atoms with van der Waals surface area (Å²) in [6.45, 7) is 4.06. The number of rotatable bonds is 3. The van der Waals surface area contributed by atoms with Crippen molar-refractivity contribution in [2.45, 2.75) is 20.0 Å². The van der Waals surface area contributed by atoms with Gasteiger partial charge in [-0.1, -0.05) is 19.0 Å². The summed E-state index contributed by atoms with van der Waals surface area (Å²) < 4.78 is 18.1. The van der Waals surface area contributed by atoms with Crippen molar-refractivity contribution in [1.29, 1.82) is 0 Å². The van der Waals surface area contributed by atoms with Crippen LogP contribution in [0.5, 0.6) is 0 Å². The van der Waals surface area contributed by atoms with Crippen molar-refractivity contribution in [2.75, 3.05) is 23.7 Å². The topological polar surface area (TPSA) is 85.0 Å². The van der Waals surface area contributed by atoms with E-state index in [0.29, 0.717) is 5.69 Å². The molecule has 1 aromatic carbocycles. The summed E-state index contributed by atoms with van der Waals surface area (Å²) in [6, 6.07) is 4.02. The minimum absolute atomic E-state index is 0.00687. The maximum absolute atomic E-state index is 13.2. The van der Waals surface area contributed by atoms with E-state index in [-0.39, 0.29) is 18.8 Å². The van der Waals surface area contributed by atoms with Crippen LogP contribution in [-0.2, 0) is 4.74 Å². The number of nitrogen functional groups attached to an aromatic ring is 1. The quantitative estimate of drug-likeness (QED) is 0.675. The first kappa shape index (κ1) is 14.9. The Balaban J connectivity index is 0.000000861. The van der Waals surface area contributed by atoms with Crippen LogP contribution in [0.3, 0.4) is 0 Å². The predicted octanol–water partition coefficient (Wildman–Crippen LogP) is 2.53. The van der Waals surface area contributed by atoms with Gasteiger partial charge in [-0.25, -0.2) is 9.18 Å². The number of nitroso groups, excluding NO2 is 1. The maximum Gasteiger partial charge on any atom is 0.414 e. The number of anilines is 2. The lowest BCUT2D eigenvalue weighted by Gasteiger charge is -2.13. The van der Waals surface area contributed by atoms with Gasteiger partial charge in [0.15, 0.2) is 0 Å². The van der Waals surface area contributed by atoms with Crippen LogP contribution in [0.4, 0.5) is 20.6 Å². The molecule has 0 saturated carbocycles. The fourth-order valence-corrected chi connectivity index (χ4v) is 1.59. The molecule has 6 nitrogen and oxygen atoms in total. The third-order valence-corrected chi connectivity index (χ3v) is 2.45. The molecule has 1 aliphatic heterocycles. The summed E-state index contributed by atoms with van der Waals surface area (Å²) in [5, 5.41) is 2.66. The zero-order chi connectivity index (χ0) is 14.4. The second kappa shape index (κ2) is 6.67. The number of ether oxygens (including phenoxy) is 1. The van der Waals surface area contributed by atoms with Gasteiger partial charge in [0.2, 0.25) is 0 Å². The SMILES string of the molecule is CC.Nc1ccc(N2CC(CN=O)OC2=O)cc1F. The third kappa shape index (κ3) is 3.40. The molecule has 1 unspecified atom stereocenters. The highest BCUT2D eigenvalue weighted by Crippen LogP contribution is 2.24. The van der Waals surface area contributed by atoms with E-state index in [2.05, 4.69) is 5.18 Å². The van der Waals surface area contributed by atoms with Crippen LogP contribution in [0.2, 0.25) is 0 Å². The van der Waals surface area contributed by atoms with E-state index in [1.165, 1.54) is 17.0 Å². The molecule has 1 amide bonds. The zero-order valence-electron chi connectivity index (χ0n) is 10.8. The lowest BCUT2D eigenvalue weighted by Crippen LogP contribution is -2.25. The van der Waals surface area contributed by atoms with Gasteiger partial charge in [-0.2, -0.15) is 4.91 Å². The van der Waals surface area contributed by atoms with E-state index in [9.17, 15) is 14.1 Å². The minimum atomic E-state index is -0.622. The molecule has 104 valence electrons. The summed E-state index contributed by atoms with van der Waals surface area (Å²) in [5.41, 5.74) is 5.68. The standard InChI is InChI=1S/C10H10FN3O3.C2H6/c11-8-3-6(1-2-9(8)12)14-5-7(4-13-16)17-10(14)15;1-2/h1-3,7H,4-5,12H2;1-2H3. The number of amides is 1. The molecular weight excluding hydrogens is 253 g/mol. The Morgan fingerprint density at radius 3 is 2.79 bits per heavy atom. The summed E-state index contributed by atoms with van der Waals surface area (Å²) in [4.78, 5) is 22.8. The highest BCUT2D eigenvalue weighted by atomic mass is 19.1. The van der Waals surface area contributed by atoms with Gasteiger partial charge in [-0.05, 0) is 18.2 Å². The van der Waals surface area contributed by atoms with E-state index in [1.807, 2.05) is 13.8 Å². The number of benzene rings is 1. The van der Waals surface area contributed by atoms with Crippen molar-refractivity contribution in [1.82, 2.24) is 0 Å². The number of hydrogen-bond donors (Lipinski definition) is 1. The Hall–Kier alpha value is -2.18. The highest BCUT2D eigenvalue weighted by molar-refractivity contribution is 5.90. The molecule has 1 saturated heterocycles. The molecule has 0 bridgehead atoms. The van der Waals surface area contributed by atoms with Gasteiger partial charge in [-0.3, -0.25) is 4.90 Å². The fourth-order valence-electron chi connectivity index (χ4n) is 1.59. The normalized spacial score (nSPS) is 17.5. The maximum atomic E-state index is 13.2. The minimum Gasteiger partial charge on any atom is -0.442 e. The van der Waals surface area contributed by atoms with Gasteiger partial charge >= 0.3 is 6.09 Å². The van der Waals surface area contributed by atoms with Crippen molar-refractivity contribution in [3.8, 4) is 0 Å². The van der Waals surface area contributed by atoms with Crippen molar-refractivity contribution in [2.24, 2.45) is 5.18 Å². The largest absolute Gasteiger partial charge is 0.442 e. The van der Waals surface area contributed by atoms with E-state index < -0.39 is 18.0 Å². The fraction of sp³-hybridized carbons (Fsp3) is 0.417. The smallest absolute Gasteiger partial charge is 0.414 e. The number of nitrogens with zero attached hydrogens (tertiary/aromatic N) is 2. The average molecular weight is 269 g/mol. The number of carbonyl (C=O) groups excluding carboxylic acids is 1. The van der Waals surface area contributed by atoms with E-state index in [4.69, 9.17) is 10.5 Å². The lowest BCUT2D eigenvalue weighted by atomic mass is 10.2. The van der Waals surface area contributed by atoms with Crippen LogP contribution < -0.4 is 10.6 Å². The molecule has 19 heavy (non-hydrogen) atoms. The zero-order valence-corrected chi connectivity index (χ0v) is 10.8. The molecule has 1 heterocycles. The second-order valence-corrected chi connectivity index (χ2v) is 3.63. The van der Waals surface area contributed by atoms with Crippen LogP contribution in [0.15, 0.2) is 23.4 Å². The van der Waals surface area contributed by atoms with Gasteiger partial charge in [0.05, 0.1) is 17.9 Å². The Bertz CT molecular complexity index is 468. The highest BCUT2D eigenvalue weighted by Gasteiger charge is 2.32. The van der Waals surface area contributed by atoms with Crippen molar-refractivity contribution in [3.63, 3.8) is 0 Å². The molecule has 1 fully saturated rings. The molecule has 1 aliphatic rings. The average Bonchev–Trinajstić information content (AvgIpc) is 2.77. The van der Waals surface area contributed by atoms with Gasteiger partial charge in [0.1, 0.15) is 18.5 Å². The Kier molecular flexibility index (Phi) is 5.23. The first-order chi connectivity index (χ1) is 9.11. The molecule has 0 aliphatic carbocycles. The molecule has 0 aromatic heterocycles.